The lowest BCUT2D eigenvalue weighted by atomic mass is 10.0. The summed E-state index contributed by atoms with van der Waals surface area (Å²) in [6.07, 6.45) is 0.322. The molecule has 0 radical (unpaired) electrons. The number of nitrogens with zero attached hydrogens (tertiary/aromatic N) is 2. The molecule has 0 spiro atoms. The summed E-state index contributed by atoms with van der Waals surface area (Å²) < 4.78 is 0. The van der Waals surface area contributed by atoms with E-state index in [2.05, 4.69) is 0 Å². The summed E-state index contributed by atoms with van der Waals surface area (Å²) in [5.74, 6) is -0.537. The molecular formula is C9H10N2O5. The van der Waals surface area contributed by atoms with Gasteiger partial charge in [-0.3, -0.25) is 20.2 Å². The smallest absolute Gasteiger partial charge is 0.320 e. The lowest BCUT2D eigenvalue weighted by Crippen LogP contribution is -2.01. The maximum Gasteiger partial charge on any atom is 0.320 e. The number of phenols is 1. The fraction of sp³-hybridized carbons (Fsp3) is 0.333. The van der Waals surface area contributed by atoms with E-state index in [1.807, 2.05) is 0 Å². The summed E-state index contributed by atoms with van der Waals surface area (Å²) in [6.45, 7) is 2.93. The van der Waals surface area contributed by atoms with Gasteiger partial charge in [-0.25, -0.2) is 0 Å². The van der Waals surface area contributed by atoms with Crippen molar-refractivity contribution >= 4 is 11.4 Å². The second kappa shape index (κ2) is 4.13. The van der Waals surface area contributed by atoms with Crippen LogP contribution in [-0.4, -0.2) is 15.0 Å². The number of hydrogen-bond donors (Lipinski definition) is 1. The Morgan fingerprint density at radius 2 is 1.75 bits per heavy atom. The molecule has 0 bridgehead atoms. The number of benzene rings is 1. The minimum atomic E-state index is -0.822. The Balaban J connectivity index is 3.65. The highest BCUT2D eigenvalue weighted by molar-refractivity contribution is 5.64. The van der Waals surface area contributed by atoms with Crippen molar-refractivity contribution in [2.45, 2.75) is 20.3 Å². The maximum absolute atomic E-state index is 10.8. The number of aryl methyl sites for hydroxylation is 1. The Morgan fingerprint density at radius 3 is 2.12 bits per heavy atom. The summed E-state index contributed by atoms with van der Waals surface area (Å²) in [5.41, 5.74) is -0.742. The van der Waals surface area contributed by atoms with Crippen molar-refractivity contribution in [2.24, 2.45) is 0 Å². The fourth-order valence-corrected chi connectivity index (χ4v) is 1.60. The summed E-state index contributed by atoms with van der Waals surface area (Å²) in [5, 5.41) is 30.8. The Bertz CT molecular complexity index is 469. The van der Waals surface area contributed by atoms with Gasteiger partial charge in [-0.05, 0) is 19.4 Å². The third kappa shape index (κ3) is 1.79. The number of aromatic hydroxyl groups is 1. The van der Waals surface area contributed by atoms with Gasteiger partial charge in [-0.1, -0.05) is 6.92 Å². The molecule has 0 aliphatic carbocycles. The third-order valence-corrected chi connectivity index (χ3v) is 2.31. The molecule has 0 fully saturated rings. The molecule has 0 atom stereocenters. The topological polar surface area (TPSA) is 107 Å². The van der Waals surface area contributed by atoms with E-state index in [1.54, 1.807) is 6.92 Å². The fourth-order valence-electron chi connectivity index (χ4n) is 1.60. The zero-order valence-electron chi connectivity index (χ0n) is 8.76. The van der Waals surface area contributed by atoms with Crippen LogP contribution in [0.2, 0.25) is 0 Å². The van der Waals surface area contributed by atoms with Crippen molar-refractivity contribution in [3.63, 3.8) is 0 Å². The lowest BCUT2D eigenvalue weighted by Gasteiger charge is -2.05. The first-order chi connectivity index (χ1) is 7.40. The van der Waals surface area contributed by atoms with Crippen LogP contribution in [0.15, 0.2) is 6.07 Å². The summed E-state index contributed by atoms with van der Waals surface area (Å²) in [6, 6.07) is 1.07. The maximum atomic E-state index is 10.8. The van der Waals surface area contributed by atoms with E-state index in [0.29, 0.717) is 6.42 Å². The van der Waals surface area contributed by atoms with Crippen LogP contribution in [0.5, 0.6) is 5.75 Å². The SMILES string of the molecule is CCc1cc(O)c([N+](=O)[O-])c(C)c1[N+](=O)[O-]. The number of nitro benzene ring substituents is 2. The van der Waals surface area contributed by atoms with Crippen LogP contribution in [0.3, 0.4) is 0 Å². The first kappa shape index (κ1) is 11.9. The van der Waals surface area contributed by atoms with Gasteiger partial charge >= 0.3 is 5.69 Å². The Labute approximate surface area is 90.6 Å². The molecule has 16 heavy (non-hydrogen) atoms. The quantitative estimate of drug-likeness (QED) is 0.627. The molecule has 1 aromatic rings. The van der Waals surface area contributed by atoms with Crippen LogP contribution < -0.4 is 0 Å². The normalized spacial score (nSPS) is 10.1. The van der Waals surface area contributed by atoms with Gasteiger partial charge in [0.25, 0.3) is 5.69 Å². The van der Waals surface area contributed by atoms with Crippen LogP contribution in [0.1, 0.15) is 18.1 Å². The monoisotopic (exact) mass is 226 g/mol. The van der Waals surface area contributed by atoms with Crippen molar-refractivity contribution in [1.29, 1.82) is 0 Å². The van der Waals surface area contributed by atoms with Gasteiger partial charge in [0.15, 0.2) is 5.75 Å². The first-order valence-corrected chi connectivity index (χ1v) is 4.54. The van der Waals surface area contributed by atoms with Crippen molar-refractivity contribution in [1.82, 2.24) is 0 Å². The standard InChI is InChI=1S/C9H10N2O5/c1-3-6-4-7(12)9(11(15)16)5(2)8(6)10(13)14/h4,12H,3H2,1-2H3. The van der Waals surface area contributed by atoms with Gasteiger partial charge in [-0.2, -0.15) is 0 Å². The molecule has 7 nitrogen and oxygen atoms in total. The van der Waals surface area contributed by atoms with E-state index >= 15 is 0 Å². The third-order valence-electron chi connectivity index (χ3n) is 2.31. The second-order valence-electron chi connectivity index (χ2n) is 3.24. The van der Waals surface area contributed by atoms with Gasteiger partial charge in [-0.15, -0.1) is 0 Å². The predicted molar refractivity (Wildman–Crippen MR) is 55.5 cm³/mol. The van der Waals surface area contributed by atoms with Crippen LogP contribution in [0.4, 0.5) is 11.4 Å². The van der Waals surface area contributed by atoms with Crippen molar-refractivity contribution < 1.29 is 15.0 Å². The first-order valence-electron chi connectivity index (χ1n) is 4.54. The number of nitro groups is 2. The number of hydrogen-bond acceptors (Lipinski definition) is 5. The van der Waals surface area contributed by atoms with E-state index in [0.717, 1.165) is 6.07 Å². The molecule has 0 aliphatic heterocycles. The zero-order chi connectivity index (χ0) is 12.5. The molecule has 1 rings (SSSR count). The van der Waals surface area contributed by atoms with E-state index in [4.69, 9.17) is 0 Å². The van der Waals surface area contributed by atoms with E-state index < -0.39 is 21.3 Å². The summed E-state index contributed by atoms with van der Waals surface area (Å²) in [7, 11) is 0. The average Bonchev–Trinajstić information content (AvgIpc) is 2.14. The van der Waals surface area contributed by atoms with Gasteiger partial charge in [0, 0.05) is 5.56 Å². The minimum Gasteiger partial charge on any atom is -0.502 e. The van der Waals surface area contributed by atoms with Crippen LogP contribution >= 0.6 is 0 Å². The van der Waals surface area contributed by atoms with Gasteiger partial charge in [0.05, 0.1) is 9.85 Å². The molecule has 0 aromatic heterocycles. The minimum absolute atomic E-state index is 0.119. The predicted octanol–water partition coefficient (Wildman–Crippen LogP) is 2.08. The molecule has 0 unspecified atom stereocenters. The summed E-state index contributed by atoms with van der Waals surface area (Å²) in [4.78, 5) is 19.9. The average molecular weight is 226 g/mol. The van der Waals surface area contributed by atoms with Gasteiger partial charge < -0.3 is 5.11 Å². The van der Waals surface area contributed by atoms with Crippen LogP contribution in [0.25, 0.3) is 0 Å². The molecule has 0 saturated carbocycles. The zero-order valence-corrected chi connectivity index (χ0v) is 8.76. The molecule has 1 N–H and O–H groups in total. The van der Waals surface area contributed by atoms with Crippen molar-refractivity contribution in [3.05, 3.63) is 37.4 Å². The second-order valence-corrected chi connectivity index (χ2v) is 3.24. The molecule has 86 valence electrons. The van der Waals surface area contributed by atoms with Crippen LogP contribution in [-0.2, 0) is 6.42 Å². The Hall–Kier alpha value is -2.18. The molecule has 7 heteroatoms. The van der Waals surface area contributed by atoms with E-state index in [-0.39, 0.29) is 16.8 Å². The molecule has 0 heterocycles. The number of phenolic OH excluding ortho intramolecular Hbond substituents is 1. The molecule has 1 aromatic carbocycles. The van der Waals surface area contributed by atoms with Crippen molar-refractivity contribution in [2.75, 3.05) is 0 Å². The largest absolute Gasteiger partial charge is 0.502 e. The highest BCUT2D eigenvalue weighted by Crippen LogP contribution is 2.38. The molecular weight excluding hydrogens is 216 g/mol. The Morgan fingerprint density at radius 1 is 1.25 bits per heavy atom. The Kier molecular flexibility index (Phi) is 3.07. The van der Waals surface area contributed by atoms with Crippen LogP contribution in [0, 0.1) is 27.2 Å². The molecule has 0 amide bonds. The lowest BCUT2D eigenvalue weighted by molar-refractivity contribution is -0.396. The van der Waals surface area contributed by atoms with Gasteiger partial charge in [0.1, 0.15) is 5.56 Å². The summed E-state index contributed by atoms with van der Waals surface area (Å²) >= 11 is 0. The molecule has 0 aliphatic rings. The highest BCUT2D eigenvalue weighted by Gasteiger charge is 2.29. The number of rotatable bonds is 3. The van der Waals surface area contributed by atoms with Crippen molar-refractivity contribution in [3.8, 4) is 5.75 Å². The molecule has 0 saturated heterocycles. The van der Waals surface area contributed by atoms with E-state index in [1.165, 1.54) is 6.92 Å². The van der Waals surface area contributed by atoms with E-state index in [9.17, 15) is 25.3 Å². The van der Waals surface area contributed by atoms with Gasteiger partial charge in [0.2, 0.25) is 0 Å². The highest BCUT2D eigenvalue weighted by atomic mass is 16.6.